The van der Waals surface area contributed by atoms with E-state index in [-0.39, 0.29) is 0 Å². The van der Waals surface area contributed by atoms with Gasteiger partial charge in [-0.1, -0.05) is 48.9 Å². The van der Waals surface area contributed by atoms with Crippen LogP contribution in [-0.4, -0.2) is 17.0 Å². The van der Waals surface area contributed by atoms with Crippen LogP contribution in [0.25, 0.3) is 0 Å². The normalized spacial score (nSPS) is 24.0. The summed E-state index contributed by atoms with van der Waals surface area (Å²) in [5, 5.41) is 17.7. The first-order valence-corrected chi connectivity index (χ1v) is 8.40. The summed E-state index contributed by atoms with van der Waals surface area (Å²) in [5.41, 5.74) is 1.84. The Bertz CT molecular complexity index is 539. The number of hydrazone groups is 1. The summed E-state index contributed by atoms with van der Waals surface area (Å²) in [6.45, 7) is 0. The summed E-state index contributed by atoms with van der Waals surface area (Å²) < 4.78 is 0. The van der Waals surface area contributed by atoms with Crippen molar-refractivity contribution in [3.63, 3.8) is 0 Å². The molecule has 1 aromatic carbocycles. The average Bonchev–Trinajstić information content (AvgIpc) is 2.67. The Hall–Kier alpha value is -0.770. The summed E-state index contributed by atoms with van der Waals surface area (Å²) in [5.74, 6) is 0.512. The van der Waals surface area contributed by atoms with Crippen LogP contribution in [0.1, 0.15) is 44.9 Å². The Kier molecular flexibility index (Phi) is 4.72. The van der Waals surface area contributed by atoms with E-state index in [0.717, 1.165) is 11.4 Å². The highest BCUT2D eigenvalue weighted by molar-refractivity contribution is 6.36. The zero-order chi connectivity index (χ0) is 14.8. The van der Waals surface area contributed by atoms with Gasteiger partial charge >= 0.3 is 0 Å². The Morgan fingerprint density at radius 1 is 1.10 bits per heavy atom. The number of halogens is 2. The van der Waals surface area contributed by atoms with E-state index >= 15 is 0 Å². The Morgan fingerprint density at radius 2 is 1.81 bits per heavy atom. The van der Waals surface area contributed by atoms with Crippen molar-refractivity contribution < 1.29 is 5.11 Å². The van der Waals surface area contributed by atoms with Gasteiger partial charge in [0.1, 0.15) is 0 Å². The molecular weight excluding hydrogens is 307 g/mol. The molecule has 1 fully saturated rings. The molecule has 1 heterocycles. The van der Waals surface area contributed by atoms with Gasteiger partial charge in [-0.3, -0.25) is 0 Å². The summed E-state index contributed by atoms with van der Waals surface area (Å²) >= 11 is 12.2. The van der Waals surface area contributed by atoms with Crippen LogP contribution in [-0.2, 0) is 0 Å². The number of aliphatic hydroxyl groups excluding tert-OH is 1. The fourth-order valence-electron chi connectivity index (χ4n) is 3.26. The number of anilines is 1. The van der Waals surface area contributed by atoms with Gasteiger partial charge in [-0.15, -0.1) is 0 Å². The maximum atomic E-state index is 10.3. The minimum atomic E-state index is -0.623. The Labute approximate surface area is 135 Å². The molecule has 0 bridgehead atoms. The van der Waals surface area contributed by atoms with Gasteiger partial charge < -0.3 is 5.11 Å². The number of hydrogen-bond acceptors (Lipinski definition) is 3. The minimum Gasteiger partial charge on any atom is -0.371 e. The maximum Gasteiger partial charge on any atom is 0.152 e. The smallest absolute Gasteiger partial charge is 0.152 e. The van der Waals surface area contributed by atoms with Crippen LogP contribution in [0.5, 0.6) is 0 Å². The van der Waals surface area contributed by atoms with E-state index in [0.29, 0.717) is 22.4 Å². The molecule has 0 radical (unpaired) electrons. The van der Waals surface area contributed by atoms with Crippen molar-refractivity contribution in [3.05, 3.63) is 28.2 Å². The molecule has 0 saturated heterocycles. The second-order valence-corrected chi connectivity index (χ2v) is 6.75. The lowest BCUT2D eigenvalue weighted by Crippen LogP contribution is -2.25. The largest absolute Gasteiger partial charge is 0.371 e. The molecule has 21 heavy (non-hydrogen) atoms. The van der Waals surface area contributed by atoms with Gasteiger partial charge in [0.15, 0.2) is 6.23 Å². The first-order chi connectivity index (χ1) is 10.1. The van der Waals surface area contributed by atoms with E-state index < -0.39 is 6.23 Å². The van der Waals surface area contributed by atoms with Crippen LogP contribution in [0.2, 0.25) is 10.0 Å². The van der Waals surface area contributed by atoms with Gasteiger partial charge in [0, 0.05) is 17.2 Å². The number of rotatable bonds is 2. The van der Waals surface area contributed by atoms with E-state index in [9.17, 15) is 5.11 Å². The lowest BCUT2D eigenvalue weighted by atomic mass is 9.93. The van der Waals surface area contributed by atoms with Crippen LogP contribution < -0.4 is 5.01 Å². The first kappa shape index (κ1) is 15.1. The van der Waals surface area contributed by atoms with Gasteiger partial charge in [-0.25, -0.2) is 5.01 Å². The predicted octanol–water partition coefficient (Wildman–Crippen LogP) is 4.85. The zero-order valence-electron chi connectivity index (χ0n) is 11.9. The quantitative estimate of drug-likeness (QED) is 0.788. The van der Waals surface area contributed by atoms with Crippen molar-refractivity contribution >= 4 is 34.6 Å². The number of aliphatic hydroxyl groups is 1. The molecular formula is C16H20Cl2N2O. The van der Waals surface area contributed by atoms with E-state index in [2.05, 4.69) is 5.10 Å². The molecule has 3 nitrogen and oxygen atoms in total. The van der Waals surface area contributed by atoms with Crippen LogP contribution in [0, 0.1) is 5.92 Å². The molecule has 2 aliphatic rings. The average molecular weight is 327 g/mol. The maximum absolute atomic E-state index is 10.3. The lowest BCUT2D eigenvalue weighted by Gasteiger charge is -2.20. The van der Waals surface area contributed by atoms with Gasteiger partial charge in [0.25, 0.3) is 0 Å². The van der Waals surface area contributed by atoms with Crippen LogP contribution in [0.4, 0.5) is 5.69 Å². The third-order valence-corrected chi connectivity index (χ3v) is 4.93. The minimum absolute atomic E-state index is 0.512. The molecule has 1 N–H and O–H groups in total. The second-order valence-electron chi connectivity index (χ2n) is 5.90. The summed E-state index contributed by atoms with van der Waals surface area (Å²) in [7, 11) is 0. The van der Waals surface area contributed by atoms with Gasteiger partial charge in [0.05, 0.1) is 10.7 Å². The van der Waals surface area contributed by atoms with Gasteiger partial charge in [-0.2, -0.15) is 5.10 Å². The number of nitrogens with zero attached hydrogens (tertiary/aromatic N) is 2. The fraction of sp³-hybridized carbons (Fsp3) is 0.562. The third-order valence-electron chi connectivity index (χ3n) is 4.39. The molecule has 1 unspecified atom stereocenters. The zero-order valence-corrected chi connectivity index (χ0v) is 13.4. The fourth-order valence-corrected chi connectivity index (χ4v) is 3.76. The highest BCUT2D eigenvalue weighted by Gasteiger charge is 2.31. The molecule has 0 amide bonds. The SMILES string of the molecule is OC1CC(C2CCCCCC2)=NN1c1ccc(Cl)cc1Cl. The van der Waals surface area contributed by atoms with Crippen molar-refractivity contribution in [1.29, 1.82) is 0 Å². The van der Waals surface area contributed by atoms with Crippen molar-refractivity contribution in [1.82, 2.24) is 0 Å². The standard InChI is InChI=1S/C16H20Cl2N2O/c17-12-7-8-15(13(18)9-12)20-16(21)10-14(19-20)11-5-3-1-2-4-6-11/h7-9,11,16,21H,1-6,10H2. The highest BCUT2D eigenvalue weighted by Crippen LogP contribution is 2.35. The molecule has 0 aromatic heterocycles. The predicted molar refractivity (Wildman–Crippen MR) is 88.2 cm³/mol. The Morgan fingerprint density at radius 3 is 2.48 bits per heavy atom. The molecule has 1 aromatic rings. The van der Waals surface area contributed by atoms with E-state index in [1.165, 1.54) is 38.5 Å². The van der Waals surface area contributed by atoms with Crippen molar-refractivity contribution in [2.75, 3.05) is 5.01 Å². The van der Waals surface area contributed by atoms with Gasteiger partial charge in [0.2, 0.25) is 0 Å². The third kappa shape index (κ3) is 3.36. The lowest BCUT2D eigenvalue weighted by molar-refractivity contribution is 0.186. The molecule has 3 rings (SSSR count). The molecule has 1 aliphatic carbocycles. The topological polar surface area (TPSA) is 35.8 Å². The van der Waals surface area contributed by atoms with Crippen molar-refractivity contribution in [2.45, 2.75) is 51.2 Å². The Balaban J connectivity index is 1.82. The van der Waals surface area contributed by atoms with Crippen molar-refractivity contribution in [3.8, 4) is 0 Å². The van der Waals surface area contributed by atoms with E-state index in [1.54, 1.807) is 17.1 Å². The number of hydrogen-bond donors (Lipinski definition) is 1. The molecule has 114 valence electrons. The van der Waals surface area contributed by atoms with Crippen molar-refractivity contribution in [2.24, 2.45) is 11.0 Å². The van der Waals surface area contributed by atoms with Crippen LogP contribution in [0.15, 0.2) is 23.3 Å². The molecule has 0 spiro atoms. The van der Waals surface area contributed by atoms with E-state index in [4.69, 9.17) is 23.2 Å². The summed E-state index contributed by atoms with van der Waals surface area (Å²) in [4.78, 5) is 0. The second kappa shape index (κ2) is 6.55. The molecule has 1 saturated carbocycles. The molecule has 1 aliphatic heterocycles. The molecule has 5 heteroatoms. The van der Waals surface area contributed by atoms with Crippen LogP contribution >= 0.6 is 23.2 Å². The summed E-state index contributed by atoms with van der Waals surface area (Å²) in [6.07, 6.45) is 7.54. The van der Waals surface area contributed by atoms with Gasteiger partial charge in [-0.05, 0) is 37.0 Å². The van der Waals surface area contributed by atoms with E-state index in [1.807, 2.05) is 6.07 Å². The van der Waals surface area contributed by atoms with Crippen LogP contribution in [0.3, 0.4) is 0 Å². The molecule has 1 atom stereocenters. The highest BCUT2D eigenvalue weighted by atomic mass is 35.5. The monoisotopic (exact) mass is 326 g/mol. The number of benzene rings is 1. The summed E-state index contributed by atoms with van der Waals surface area (Å²) in [6, 6.07) is 5.27. The first-order valence-electron chi connectivity index (χ1n) is 7.65.